The van der Waals surface area contributed by atoms with Gasteiger partial charge in [0.25, 0.3) is 0 Å². The number of carbonyl (C=O) groups is 1. The molecule has 0 amide bonds. The van der Waals surface area contributed by atoms with E-state index in [0.717, 1.165) is 49.1 Å². The van der Waals surface area contributed by atoms with Gasteiger partial charge in [0.1, 0.15) is 5.82 Å². The Morgan fingerprint density at radius 2 is 1.96 bits per heavy atom. The van der Waals surface area contributed by atoms with Crippen molar-refractivity contribution >= 4 is 11.9 Å². The highest BCUT2D eigenvalue weighted by molar-refractivity contribution is 5.80. The number of carbonyl (C=O) groups excluding carboxylic acids is 1. The van der Waals surface area contributed by atoms with Crippen LogP contribution in [0.5, 0.6) is 0 Å². The van der Waals surface area contributed by atoms with Gasteiger partial charge in [-0.05, 0) is 25.3 Å². The molecule has 1 aromatic heterocycles. The molecule has 1 aromatic carbocycles. The first kappa shape index (κ1) is 19.9. The van der Waals surface area contributed by atoms with Crippen LogP contribution in [0.4, 0.5) is 0 Å². The van der Waals surface area contributed by atoms with Crippen LogP contribution < -0.4 is 5.32 Å². The van der Waals surface area contributed by atoms with Crippen LogP contribution in [0.3, 0.4) is 0 Å². The van der Waals surface area contributed by atoms with Crippen molar-refractivity contribution in [2.24, 2.45) is 18.0 Å². The van der Waals surface area contributed by atoms with Gasteiger partial charge in [0, 0.05) is 20.1 Å². The third kappa shape index (κ3) is 4.88. The first-order valence-corrected chi connectivity index (χ1v) is 9.58. The molecule has 28 heavy (non-hydrogen) atoms. The molecule has 0 unspecified atom stereocenters. The summed E-state index contributed by atoms with van der Waals surface area (Å²) < 4.78 is 6.85. The van der Waals surface area contributed by atoms with Crippen molar-refractivity contribution in [2.75, 3.05) is 20.2 Å². The van der Waals surface area contributed by atoms with Crippen LogP contribution in [0.1, 0.15) is 30.1 Å². The molecule has 0 atom stereocenters. The Bertz CT molecular complexity index is 809. The van der Waals surface area contributed by atoms with Crippen LogP contribution in [-0.2, 0) is 29.7 Å². The van der Waals surface area contributed by atoms with Crippen LogP contribution in [-0.4, -0.2) is 51.8 Å². The van der Waals surface area contributed by atoms with E-state index in [2.05, 4.69) is 32.5 Å². The molecule has 1 saturated heterocycles. The van der Waals surface area contributed by atoms with E-state index >= 15 is 0 Å². The van der Waals surface area contributed by atoms with Gasteiger partial charge in [-0.2, -0.15) is 0 Å². The van der Waals surface area contributed by atoms with Crippen molar-refractivity contribution in [2.45, 2.75) is 32.9 Å². The van der Waals surface area contributed by atoms with E-state index in [1.807, 2.05) is 36.7 Å². The molecule has 0 spiro atoms. The van der Waals surface area contributed by atoms with Crippen molar-refractivity contribution in [1.82, 2.24) is 25.0 Å². The van der Waals surface area contributed by atoms with E-state index in [1.54, 1.807) is 0 Å². The van der Waals surface area contributed by atoms with Gasteiger partial charge < -0.3 is 19.5 Å². The molecule has 1 aliphatic heterocycles. The summed E-state index contributed by atoms with van der Waals surface area (Å²) in [5.41, 5.74) is 1.15. The molecule has 0 bridgehead atoms. The molecule has 150 valence electrons. The molecule has 1 N–H and O–H groups in total. The molecular weight excluding hydrogens is 356 g/mol. The SMILES string of the molecule is COC(=O)C1CCN(C(=NCc2ccccc2)NCc2nnc(C)n2C)CC1. The maximum Gasteiger partial charge on any atom is 0.308 e. The normalized spacial score (nSPS) is 15.5. The Morgan fingerprint density at radius 1 is 1.25 bits per heavy atom. The Hall–Kier alpha value is -2.90. The Labute approximate surface area is 165 Å². The van der Waals surface area contributed by atoms with Gasteiger partial charge in [0.15, 0.2) is 11.8 Å². The van der Waals surface area contributed by atoms with Crippen molar-refractivity contribution in [1.29, 1.82) is 0 Å². The summed E-state index contributed by atoms with van der Waals surface area (Å²) in [5, 5.41) is 11.7. The zero-order chi connectivity index (χ0) is 19.9. The molecule has 0 radical (unpaired) electrons. The highest BCUT2D eigenvalue weighted by atomic mass is 16.5. The number of benzene rings is 1. The number of hydrogen-bond donors (Lipinski definition) is 1. The zero-order valence-electron chi connectivity index (χ0n) is 16.8. The standard InChI is InChI=1S/C20H28N6O2/c1-15-23-24-18(25(15)2)14-22-20(21-13-16-7-5-4-6-8-16)26-11-9-17(10-12-26)19(27)28-3/h4-8,17H,9-14H2,1-3H3,(H,21,22). The summed E-state index contributed by atoms with van der Waals surface area (Å²) in [6.07, 6.45) is 1.53. The number of nitrogens with one attached hydrogen (secondary N) is 1. The van der Waals surface area contributed by atoms with Crippen LogP contribution >= 0.6 is 0 Å². The molecule has 3 rings (SSSR count). The molecule has 8 heteroatoms. The fourth-order valence-corrected chi connectivity index (χ4v) is 3.27. The van der Waals surface area contributed by atoms with Gasteiger partial charge in [-0.1, -0.05) is 30.3 Å². The van der Waals surface area contributed by atoms with E-state index in [1.165, 1.54) is 7.11 Å². The summed E-state index contributed by atoms with van der Waals surface area (Å²) >= 11 is 0. The summed E-state index contributed by atoms with van der Waals surface area (Å²) in [6, 6.07) is 10.2. The number of esters is 1. The average Bonchev–Trinajstić information content (AvgIpc) is 3.06. The number of aromatic nitrogens is 3. The predicted molar refractivity (Wildman–Crippen MR) is 106 cm³/mol. The number of piperidine rings is 1. The summed E-state index contributed by atoms with van der Waals surface area (Å²) in [5.74, 6) is 2.41. The van der Waals surface area contributed by atoms with Crippen LogP contribution in [0.25, 0.3) is 0 Å². The minimum Gasteiger partial charge on any atom is -0.469 e. The van der Waals surface area contributed by atoms with Crippen molar-refractivity contribution < 1.29 is 9.53 Å². The number of guanidine groups is 1. The Morgan fingerprint density at radius 3 is 2.57 bits per heavy atom. The van der Waals surface area contributed by atoms with Crippen LogP contribution in [0, 0.1) is 12.8 Å². The number of nitrogens with zero attached hydrogens (tertiary/aromatic N) is 5. The highest BCUT2D eigenvalue weighted by Crippen LogP contribution is 2.19. The van der Waals surface area contributed by atoms with E-state index < -0.39 is 0 Å². The third-order valence-corrected chi connectivity index (χ3v) is 5.17. The monoisotopic (exact) mass is 384 g/mol. The fraction of sp³-hybridized carbons (Fsp3) is 0.500. The summed E-state index contributed by atoms with van der Waals surface area (Å²) in [4.78, 5) is 18.8. The fourth-order valence-electron chi connectivity index (χ4n) is 3.27. The van der Waals surface area contributed by atoms with Crippen molar-refractivity contribution in [3.63, 3.8) is 0 Å². The second-order valence-corrected chi connectivity index (χ2v) is 6.99. The van der Waals surface area contributed by atoms with Crippen LogP contribution in [0.2, 0.25) is 0 Å². The lowest BCUT2D eigenvalue weighted by molar-refractivity contribution is -0.146. The maximum atomic E-state index is 11.8. The largest absolute Gasteiger partial charge is 0.469 e. The number of ether oxygens (including phenoxy) is 1. The molecule has 0 aliphatic carbocycles. The number of likely N-dealkylation sites (tertiary alicyclic amines) is 1. The predicted octanol–water partition coefficient (Wildman–Crippen LogP) is 1.65. The lowest BCUT2D eigenvalue weighted by Crippen LogP contribution is -2.46. The number of aryl methyl sites for hydroxylation is 1. The second kappa shape index (κ2) is 9.34. The number of hydrogen-bond acceptors (Lipinski definition) is 5. The maximum absolute atomic E-state index is 11.8. The molecule has 2 aromatic rings. The zero-order valence-corrected chi connectivity index (χ0v) is 16.8. The minimum absolute atomic E-state index is 0.0296. The quantitative estimate of drug-likeness (QED) is 0.479. The number of aliphatic imine (C=N–C) groups is 1. The minimum atomic E-state index is -0.120. The molecule has 1 aliphatic rings. The van der Waals surface area contributed by atoms with Gasteiger partial charge >= 0.3 is 5.97 Å². The number of methoxy groups -OCH3 is 1. The molecule has 1 fully saturated rings. The third-order valence-electron chi connectivity index (χ3n) is 5.17. The van der Waals surface area contributed by atoms with Gasteiger partial charge in [0.05, 0.1) is 26.1 Å². The van der Waals surface area contributed by atoms with Gasteiger partial charge in [-0.3, -0.25) is 4.79 Å². The Balaban J connectivity index is 1.69. The highest BCUT2D eigenvalue weighted by Gasteiger charge is 2.27. The molecule has 0 saturated carbocycles. The molecule has 2 heterocycles. The topological polar surface area (TPSA) is 84.6 Å². The lowest BCUT2D eigenvalue weighted by Gasteiger charge is -2.33. The second-order valence-electron chi connectivity index (χ2n) is 6.99. The lowest BCUT2D eigenvalue weighted by atomic mass is 9.97. The first-order valence-electron chi connectivity index (χ1n) is 9.58. The van der Waals surface area contributed by atoms with E-state index in [9.17, 15) is 4.79 Å². The molecular formula is C20H28N6O2. The summed E-state index contributed by atoms with van der Waals surface area (Å²) in [7, 11) is 3.40. The summed E-state index contributed by atoms with van der Waals surface area (Å²) in [6.45, 7) is 4.59. The number of rotatable bonds is 5. The van der Waals surface area contributed by atoms with Gasteiger partial charge in [-0.25, -0.2) is 4.99 Å². The first-order chi connectivity index (χ1) is 13.6. The average molecular weight is 384 g/mol. The van der Waals surface area contributed by atoms with Crippen LogP contribution in [0.15, 0.2) is 35.3 Å². The van der Waals surface area contributed by atoms with Gasteiger partial charge in [-0.15, -0.1) is 10.2 Å². The van der Waals surface area contributed by atoms with E-state index in [4.69, 9.17) is 9.73 Å². The van der Waals surface area contributed by atoms with Gasteiger partial charge in [0.2, 0.25) is 0 Å². The molecule has 8 nitrogen and oxygen atoms in total. The smallest absolute Gasteiger partial charge is 0.308 e. The van der Waals surface area contributed by atoms with E-state index in [0.29, 0.717) is 13.1 Å². The Kier molecular flexibility index (Phi) is 6.62. The van der Waals surface area contributed by atoms with E-state index in [-0.39, 0.29) is 11.9 Å². The van der Waals surface area contributed by atoms with Crippen molar-refractivity contribution in [3.05, 3.63) is 47.5 Å². The van der Waals surface area contributed by atoms with Crippen molar-refractivity contribution in [3.8, 4) is 0 Å².